The second kappa shape index (κ2) is 7.57. The van der Waals surface area contributed by atoms with E-state index >= 15 is 0 Å². The molecular weight excluding hydrogens is 317 g/mol. The highest BCUT2D eigenvalue weighted by Crippen LogP contribution is 2.24. The van der Waals surface area contributed by atoms with Gasteiger partial charge in [0.15, 0.2) is 0 Å². The summed E-state index contributed by atoms with van der Waals surface area (Å²) in [7, 11) is 1.57. The molecule has 0 fully saturated rings. The van der Waals surface area contributed by atoms with Crippen LogP contribution in [0.4, 0.5) is 4.39 Å². The fourth-order valence-electron chi connectivity index (χ4n) is 1.77. The van der Waals surface area contributed by atoms with Gasteiger partial charge >= 0.3 is 5.97 Å². The molecule has 0 radical (unpaired) electrons. The molecule has 0 spiro atoms. The molecule has 4 nitrogen and oxygen atoms in total. The van der Waals surface area contributed by atoms with Gasteiger partial charge in [-0.3, -0.25) is 9.69 Å². The molecule has 0 heterocycles. The monoisotopic (exact) mass is 333 g/mol. The van der Waals surface area contributed by atoms with Gasteiger partial charge in [-0.2, -0.15) is 0 Å². The Balaban J connectivity index is 2.86. The number of methoxy groups -OCH3 is 1. The summed E-state index contributed by atoms with van der Waals surface area (Å²) in [5.74, 6) is -1.23. The van der Waals surface area contributed by atoms with E-state index in [1.165, 1.54) is 6.07 Å². The molecule has 1 N–H and O–H groups in total. The van der Waals surface area contributed by atoms with Gasteiger partial charge in [-0.25, -0.2) is 4.39 Å². The number of hydrogen-bond donors (Lipinski definition) is 1. The number of ether oxygens (including phenoxy) is 1. The Morgan fingerprint density at radius 2 is 2.26 bits per heavy atom. The molecular formula is C13H17BrFNO3. The van der Waals surface area contributed by atoms with Crippen LogP contribution in [-0.2, 0) is 9.53 Å². The molecule has 106 valence electrons. The number of carboxylic acids is 1. The lowest BCUT2D eigenvalue weighted by Crippen LogP contribution is -2.35. The van der Waals surface area contributed by atoms with Crippen LogP contribution in [0.1, 0.15) is 18.5 Å². The maximum Gasteiger partial charge on any atom is 0.317 e. The van der Waals surface area contributed by atoms with Crippen molar-refractivity contribution in [2.24, 2.45) is 0 Å². The topological polar surface area (TPSA) is 49.8 Å². The zero-order valence-corrected chi connectivity index (χ0v) is 12.5. The summed E-state index contributed by atoms with van der Waals surface area (Å²) in [6, 6.07) is 4.56. The Morgan fingerprint density at radius 3 is 2.79 bits per heavy atom. The van der Waals surface area contributed by atoms with Gasteiger partial charge in [-0.15, -0.1) is 0 Å². The Morgan fingerprint density at radius 1 is 1.58 bits per heavy atom. The van der Waals surface area contributed by atoms with E-state index in [4.69, 9.17) is 9.84 Å². The highest BCUT2D eigenvalue weighted by atomic mass is 79.9. The molecule has 1 rings (SSSR count). The van der Waals surface area contributed by atoms with Gasteiger partial charge in [-0.1, -0.05) is 6.07 Å². The fraction of sp³-hybridized carbons (Fsp3) is 0.462. The number of halogens is 2. The van der Waals surface area contributed by atoms with Gasteiger partial charge in [-0.05, 0) is 40.5 Å². The second-order valence-corrected chi connectivity index (χ2v) is 5.06. The van der Waals surface area contributed by atoms with Crippen LogP contribution in [0, 0.1) is 5.82 Å². The maximum atomic E-state index is 13.2. The van der Waals surface area contributed by atoms with E-state index in [9.17, 15) is 9.18 Å². The summed E-state index contributed by atoms with van der Waals surface area (Å²) in [4.78, 5) is 12.6. The predicted molar refractivity (Wildman–Crippen MR) is 73.6 cm³/mol. The van der Waals surface area contributed by atoms with Crippen molar-refractivity contribution in [1.29, 1.82) is 0 Å². The van der Waals surface area contributed by atoms with Crippen molar-refractivity contribution in [3.8, 4) is 0 Å². The lowest BCUT2D eigenvalue weighted by atomic mass is 10.1. The minimum absolute atomic E-state index is 0.0838. The van der Waals surface area contributed by atoms with Crippen LogP contribution in [0.25, 0.3) is 0 Å². The number of nitrogens with zero attached hydrogens (tertiary/aromatic N) is 1. The van der Waals surface area contributed by atoms with E-state index in [0.29, 0.717) is 17.6 Å². The van der Waals surface area contributed by atoms with Crippen LogP contribution in [0.2, 0.25) is 0 Å². The summed E-state index contributed by atoms with van der Waals surface area (Å²) in [5, 5.41) is 8.93. The molecule has 19 heavy (non-hydrogen) atoms. The molecule has 0 bridgehead atoms. The van der Waals surface area contributed by atoms with E-state index in [0.717, 1.165) is 5.56 Å². The molecule has 0 saturated carbocycles. The average Bonchev–Trinajstić information content (AvgIpc) is 2.36. The first-order valence-electron chi connectivity index (χ1n) is 5.85. The van der Waals surface area contributed by atoms with Gasteiger partial charge < -0.3 is 9.84 Å². The smallest absolute Gasteiger partial charge is 0.317 e. The first-order valence-corrected chi connectivity index (χ1v) is 6.64. The maximum absolute atomic E-state index is 13.2. The van der Waals surface area contributed by atoms with Crippen molar-refractivity contribution in [1.82, 2.24) is 4.90 Å². The van der Waals surface area contributed by atoms with Crippen molar-refractivity contribution in [2.45, 2.75) is 13.0 Å². The second-order valence-electron chi connectivity index (χ2n) is 4.21. The van der Waals surface area contributed by atoms with Crippen molar-refractivity contribution in [2.75, 3.05) is 26.8 Å². The first kappa shape index (κ1) is 16.1. The fourth-order valence-corrected chi connectivity index (χ4v) is 2.17. The summed E-state index contributed by atoms with van der Waals surface area (Å²) in [5.41, 5.74) is 0.852. The summed E-state index contributed by atoms with van der Waals surface area (Å²) in [6.07, 6.45) is 0. The largest absolute Gasteiger partial charge is 0.480 e. The number of carbonyl (C=O) groups is 1. The lowest BCUT2D eigenvalue weighted by molar-refractivity contribution is -0.139. The minimum atomic E-state index is -0.899. The van der Waals surface area contributed by atoms with Crippen molar-refractivity contribution in [3.05, 3.63) is 34.1 Å². The third kappa shape index (κ3) is 4.89. The molecule has 1 unspecified atom stereocenters. The van der Waals surface area contributed by atoms with Gasteiger partial charge in [0.05, 0.1) is 17.6 Å². The summed E-state index contributed by atoms with van der Waals surface area (Å²) in [6.45, 7) is 2.75. The van der Waals surface area contributed by atoms with E-state index in [2.05, 4.69) is 15.9 Å². The van der Waals surface area contributed by atoms with Crippen molar-refractivity contribution >= 4 is 21.9 Å². The molecule has 6 heteroatoms. The van der Waals surface area contributed by atoms with Crippen LogP contribution >= 0.6 is 15.9 Å². The summed E-state index contributed by atoms with van der Waals surface area (Å²) >= 11 is 3.13. The zero-order chi connectivity index (χ0) is 14.4. The molecule has 0 aliphatic heterocycles. The Kier molecular flexibility index (Phi) is 6.41. The third-order valence-corrected chi connectivity index (χ3v) is 3.50. The zero-order valence-electron chi connectivity index (χ0n) is 10.9. The van der Waals surface area contributed by atoms with Crippen LogP contribution in [0.5, 0.6) is 0 Å². The lowest BCUT2D eigenvalue weighted by Gasteiger charge is -2.27. The highest BCUT2D eigenvalue weighted by Gasteiger charge is 2.19. The Hall–Kier alpha value is -0.980. The Labute approximate surface area is 120 Å². The van der Waals surface area contributed by atoms with E-state index < -0.39 is 5.97 Å². The van der Waals surface area contributed by atoms with Crippen molar-refractivity contribution < 1.29 is 19.0 Å². The number of carboxylic acid groups (broad SMARTS) is 1. The standard InChI is InChI=1S/C13H17BrFNO3/c1-9(10-3-4-12(15)11(14)7-10)16(5-6-19-2)8-13(17)18/h3-4,7,9H,5-6,8H2,1-2H3,(H,17,18). The number of aliphatic carboxylic acids is 1. The quantitative estimate of drug-likeness (QED) is 0.833. The molecule has 1 atom stereocenters. The third-order valence-electron chi connectivity index (χ3n) is 2.89. The molecule has 0 amide bonds. The van der Waals surface area contributed by atoms with Crippen LogP contribution in [0.3, 0.4) is 0 Å². The molecule has 0 aliphatic rings. The molecule has 0 aliphatic carbocycles. The number of rotatable bonds is 7. The van der Waals surface area contributed by atoms with E-state index in [1.54, 1.807) is 24.1 Å². The highest BCUT2D eigenvalue weighted by molar-refractivity contribution is 9.10. The van der Waals surface area contributed by atoms with E-state index in [-0.39, 0.29) is 18.4 Å². The molecule has 0 aromatic heterocycles. The van der Waals surface area contributed by atoms with Gasteiger partial charge in [0, 0.05) is 19.7 Å². The van der Waals surface area contributed by atoms with Crippen LogP contribution in [-0.4, -0.2) is 42.8 Å². The Bertz CT molecular complexity index is 442. The van der Waals surface area contributed by atoms with Crippen LogP contribution < -0.4 is 0 Å². The minimum Gasteiger partial charge on any atom is -0.480 e. The molecule has 1 aromatic rings. The van der Waals surface area contributed by atoms with Gasteiger partial charge in [0.1, 0.15) is 5.82 Å². The molecule has 0 saturated heterocycles. The SMILES string of the molecule is COCCN(CC(=O)O)C(C)c1ccc(F)c(Br)c1. The normalized spacial score (nSPS) is 12.7. The van der Waals surface area contributed by atoms with E-state index in [1.807, 2.05) is 6.92 Å². The first-order chi connectivity index (χ1) is 8.95. The number of benzene rings is 1. The molecule has 1 aromatic carbocycles. The number of hydrogen-bond acceptors (Lipinski definition) is 3. The van der Waals surface area contributed by atoms with Crippen molar-refractivity contribution in [3.63, 3.8) is 0 Å². The van der Waals surface area contributed by atoms with Crippen LogP contribution in [0.15, 0.2) is 22.7 Å². The predicted octanol–water partition coefficient (Wildman–Crippen LogP) is 2.68. The average molecular weight is 334 g/mol. The van der Waals surface area contributed by atoms with Gasteiger partial charge in [0.25, 0.3) is 0 Å². The summed E-state index contributed by atoms with van der Waals surface area (Å²) < 4.78 is 18.6. The van der Waals surface area contributed by atoms with Gasteiger partial charge in [0.2, 0.25) is 0 Å².